The summed E-state index contributed by atoms with van der Waals surface area (Å²) in [6.45, 7) is 0. The number of hydrogen-bond acceptors (Lipinski definition) is 3. The SMILES string of the molecule is COC1C(C(=O)O)NC2CCCC21. The fraction of sp³-hybridized carbons (Fsp3) is 0.889. The quantitative estimate of drug-likeness (QED) is 0.646. The third-order valence-corrected chi connectivity index (χ3v) is 3.25. The van der Waals surface area contributed by atoms with Gasteiger partial charge < -0.3 is 9.84 Å². The van der Waals surface area contributed by atoms with Crippen molar-refractivity contribution in [3.8, 4) is 0 Å². The molecule has 4 nitrogen and oxygen atoms in total. The van der Waals surface area contributed by atoms with Crippen molar-refractivity contribution in [2.24, 2.45) is 5.92 Å². The third kappa shape index (κ3) is 1.34. The van der Waals surface area contributed by atoms with E-state index in [1.165, 1.54) is 6.42 Å². The molecule has 1 aliphatic heterocycles. The van der Waals surface area contributed by atoms with Gasteiger partial charge in [0.05, 0.1) is 6.10 Å². The minimum Gasteiger partial charge on any atom is -0.480 e. The van der Waals surface area contributed by atoms with Gasteiger partial charge in [0.25, 0.3) is 0 Å². The van der Waals surface area contributed by atoms with Gasteiger partial charge in [0.1, 0.15) is 6.04 Å². The van der Waals surface area contributed by atoms with Gasteiger partial charge in [-0.15, -0.1) is 0 Å². The first-order chi connectivity index (χ1) is 6.24. The monoisotopic (exact) mass is 185 g/mol. The van der Waals surface area contributed by atoms with Crippen molar-refractivity contribution >= 4 is 5.97 Å². The van der Waals surface area contributed by atoms with Crippen LogP contribution >= 0.6 is 0 Å². The summed E-state index contributed by atoms with van der Waals surface area (Å²) in [6, 6.07) is -0.133. The Labute approximate surface area is 77.3 Å². The van der Waals surface area contributed by atoms with Crippen molar-refractivity contribution in [1.29, 1.82) is 0 Å². The number of methoxy groups -OCH3 is 1. The molecule has 2 N–H and O–H groups in total. The van der Waals surface area contributed by atoms with Crippen LogP contribution in [0.1, 0.15) is 19.3 Å². The highest BCUT2D eigenvalue weighted by molar-refractivity contribution is 5.75. The van der Waals surface area contributed by atoms with E-state index in [1.807, 2.05) is 0 Å². The number of carboxylic acids is 1. The third-order valence-electron chi connectivity index (χ3n) is 3.25. The summed E-state index contributed by atoms with van der Waals surface area (Å²) >= 11 is 0. The number of carbonyl (C=O) groups is 1. The molecule has 2 fully saturated rings. The fourth-order valence-electron chi connectivity index (χ4n) is 2.68. The second kappa shape index (κ2) is 3.27. The first-order valence-electron chi connectivity index (χ1n) is 4.75. The maximum atomic E-state index is 10.9. The summed E-state index contributed by atoms with van der Waals surface area (Å²) in [7, 11) is 1.60. The predicted octanol–water partition coefficient (Wildman–Crippen LogP) is 0.226. The smallest absolute Gasteiger partial charge is 0.323 e. The molecule has 0 radical (unpaired) electrons. The Morgan fingerprint density at radius 3 is 2.92 bits per heavy atom. The van der Waals surface area contributed by atoms with Gasteiger partial charge in [-0.3, -0.25) is 10.1 Å². The minimum absolute atomic E-state index is 0.134. The molecule has 0 aromatic heterocycles. The molecule has 0 amide bonds. The van der Waals surface area contributed by atoms with Crippen molar-refractivity contribution in [3.63, 3.8) is 0 Å². The average Bonchev–Trinajstić information content (AvgIpc) is 2.60. The first kappa shape index (κ1) is 8.97. The van der Waals surface area contributed by atoms with Gasteiger partial charge in [-0.25, -0.2) is 0 Å². The maximum absolute atomic E-state index is 10.9. The lowest BCUT2D eigenvalue weighted by Gasteiger charge is -2.18. The first-order valence-corrected chi connectivity index (χ1v) is 4.75. The van der Waals surface area contributed by atoms with Crippen LogP contribution in [-0.4, -0.2) is 36.4 Å². The lowest BCUT2D eigenvalue weighted by atomic mass is 9.98. The van der Waals surface area contributed by atoms with E-state index in [-0.39, 0.29) is 6.10 Å². The van der Waals surface area contributed by atoms with E-state index in [9.17, 15) is 4.79 Å². The predicted molar refractivity (Wildman–Crippen MR) is 46.5 cm³/mol. The molecule has 1 heterocycles. The summed E-state index contributed by atoms with van der Waals surface area (Å²) in [4.78, 5) is 10.9. The van der Waals surface area contributed by atoms with Crippen LogP contribution in [0.3, 0.4) is 0 Å². The Morgan fingerprint density at radius 2 is 2.31 bits per heavy atom. The lowest BCUT2D eigenvalue weighted by Crippen LogP contribution is -2.41. The normalized spacial score (nSPS) is 43.5. The zero-order valence-corrected chi connectivity index (χ0v) is 7.69. The van der Waals surface area contributed by atoms with E-state index in [0.29, 0.717) is 12.0 Å². The topological polar surface area (TPSA) is 58.6 Å². The summed E-state index contributed by atoms with van der Waals surface area (Å²) in [6.07, 6.45) is 3.24. The zero-order chi connectivity index (χ0) is 9.42. The van der Waals surface area contributed by atoms with Crippen LogP contribution < -0.4 is 5.32 Å². The second-order valence-corrected chi connectivity index (χ2v) is 3.88. The van der Waals surface area contributed by atoms with Gasteiger partial charge in [-0.05, 0) is 12.8 Å². The van der Waals surface area contributed by atoms with E-state index in [2.05, 4.69) is 5.32 Å². The summed E-state index contributed by atoms with van der Waals surface area (Å²) in [5, 5.41) is 12.1. The summed E-state index contributed by atoms with van der Waals surface area (Å²) in [5.74, 6) is -0.382. The largest absolute Gasteiger partial charge is 0.480 e. The Morgan fingerprint density at radius 1 is 1.54 bits per heavy atom. The van der Waals surface area contributed by atoms with E-state index in [0.717, 1.165) is 12.8 Å². The van der Waals surface area contributed by atoms with Crippen LogP contribution in [0.4, 0.5) is 0 Å². The molecule has 2 rings (SSSR count). The number of carboxylic acid groups (broad SMARTS) is 1. The van der Waals surface area contributed by atoms with Crippen LogP contribution in [0.2, 0.25) is 0 Å². The maximum Gasteiger partial charge on any atom is 0.323 e. The molecule has 4 unspecified atom stereocenters. The molecule has 4 heteroatoms. The van der Waals surface area contributed by atoms with Gasteiger partial charge in [0, 0.05) is 19.1 Å². The molecule has 4 atom stereocenters. The Bertz CT molecular complexity index is 219. The molecule has 1 saturated carbocycles. The highest BCUT2D eigenvalue weighted by Gasteiger charge is 2.48. The minimum atomic E-state index is -0.791. The summed E-state index contributed by atoms with van der Waals surface area (Å²) in [5.41, 5.74) is 0. The average molecular weight is 185 g/mol. The van der Waals surface area contributed by atoms with Gasteiger partial charge in [0.15, 0.2) is 0 Å². The number of fused-ring (bicyclic) bond motifs is 1. The van der Waals surface area contributed by atoms with Crippen molar-refractivity contribution in [3.05, 3.63) is 0 Å². The molecule has 13 heavy (non-hydrogen) atoms. The molecule has 1 saturated heterocycles. The highest BCUT2D eigenvalue weighted by Crippen LogP contribution is 2.36. The molecule has 0 aromatic rings. The number of aliphatic carboxylic acids is 1. The Balaban J connectivity index is 2.12. The molecule has 0 bridgehead atoms. The number of ether oxygens (including phenoxy) is 1. The van der Waals surface area contributed by atoms with Crippen LogP contribution in [0.15, 0.2) is 0 Å². The van der Waals surface area contributed by atoms with E-state index < -0.39 is 12.0 Å². The molecule has 74 valence electrons. The van der Waals surface area contributed by atoms with Crippen LogP contribution in [-0.2, 0) is 9.53 Å². The highest BCUT2D eigenvalue weighted by atomic mass is 16.5. The van der Waals surface area contributed by atoms with E-state index >= 15 is 0 Å². The summed E-state index contributed by atoms with van der Waals surface area (Å²) < 4.78 is 5.26. The Hall–Kier alpha value is -0.610. The van der Waals surface area contributed by atoms with Crippen molar-refractivity contribution in [1.82, 2.24) is 5.32 Å². The van der Waals surface area contributed by atoms with Crippen LogP contribution in [0.5, 0.6) is 0 Å². The number of rotatable bonds is 2. The van der Waals surface area contributed by atoms with Crippen molar-refractivity contribution in [2.45, 2.75) is 37.5 Å². The van der Waals surface area contributed by atoms with Crippen LogP contribution in [0, 0.1) is 5.92 Å². The van der Waals surface area contributed by atoms with Gasteiger partial charge >= 0.3 is 5.97 Å². The number of nitrogens with one attached hydrogen (secondary N) is 1. The molecule has 0 spiro atoms. The fourth-order valence-corrected chi connectivity index (χ4v) is 2.68. The zero-order valence-electron chi connectivity index (χ0n) is 7.69. The van der Waals surface area contributed by atoms with Gasteiger partial charge in [0.2, 0.25) is 0 Å². The standard InChI is InChI=1S/C9H15NO3/c1-13-8-5-3-2-4-6(5)10-7(8)9(11)12/h5-8,10H,2-4H2,1H3,(H,11,12). The van der Waals surface area contributed by atoms with Gasteiger partial charge in [-0.1, -0.05) is 6.42 Å². The molecule has 2 aliphatic rings. The Kier molecular flexibility index (Phi) is 2.26. The second-order valence-electron chi connectivity index (χ2n) is 3.88. The van der Waals surface area contributed by atoms with Crippen molar-refractivity contribution in [2.75, 3.05) is 7.11 Å². The van der Waals surface area contributed by atoms with E-state index in [1.54, 1.807) is 7.11 Å². The molecular weight excluding hydrogens is 170 g/mol. The van der Waals surface area contributed by atoms with Gasteiger partial charge in [-0.2, -0.15) is 0 Å². The molecule has 1 aliphatic carbocycles. The van der Waals surface area contributed by atoms with E-state index in [4.69, 9.17) is 9.84 Å². The van der Waals surface area contributed by atoms with Crippen molar-refractivity contribution < 1.29 is 14.6 Å². The number of hydrogen-bond donors (Lipinski definition) is 2. The van der Waals surface area contributed by atoms with Crippen LogP contribution in [0.25, 0.3) is 0 Å². The molecular formula is C9H15NO3. The lowest BCUT2D eigenvalue weighted by molar-refractivity contribution is -0.142. The molecule has 0 aromatic carbocycles.